The van der Waals surface area contributed by atoms with Gasteiger partial charge >= 0.3 is 5.97 Å². The van der Waals surface area contributed by atoms with E-state index in [1.807, 2.05) is 30.3 Å². The van der Waals surface area contributed by atoms with E-state index >= 15 is 0 Å². The quantitative estimate of drug-likeness (QED) is 0.569. The molecule has 1 aromatic rings. The molecule has 2 atom stereocenters. The predicted molar refractivity (Wildman–Crippen MR) is 102 cm³/mol. The Morgan fingerprint density at radius 3 is 2.54 bits per heavy atom. The first kappa shape index (κ1) is 23.6. The molecule has 0 aromatic heterocycles. The molecule has 1 aromatic carbocycles. The summed E-state index contributed by atoms with van der Waals surface area (Å²) in [7, 11) is 0. The number of nitrogens with zero attached hydrogens (tertiary/aromatic N) is 1. The van der Waals surface area contributed by atoms with Crippen LogP contribution < -0.4 is 0 Å². The van der Waals surface area contributed by atoms with Gasteiger partial charge in [0.25, 0.3) is 6.47 Å². The highest BCUT2D eigenvalue weighted by molar-refractivity contribution is 5.81. The van der Waals surface area contributed by atoms with E-state index < -0.39 is 17.5 Å². The van der Waals surface area contributed by atoms with Crippen molar-refractivity contribution in [3.63, 3.8) is 0 Å². The van der Waals surface area contributed by atoms with Crippen LogP contribution in [0.4, 0.5) is 0 Å². The molecule has 1 aliphatic rings. The normalized spacial score (nSPS) is 21.4. The zero-order chi connectivity index (χ0) is 21.0. The minimum atomic E-state index is -1.31. The minimum Gasteiger partial charge on any atom is -0.483 e. The van der Waals surface area contributed by atoms with Gasteiger partial charge in [0.15, 0.2) is 0 Å². The highest BCUT2D eigenvalue weighted by atomic mass is 16.5. The van der Waals surface area contributed by atoms with Gasteiger partial charge in [0.1, 0.15) is 12.0 Å². The Hall–Kier alpha value is -2.45. The van der Waals surface area contributed by atoms with Gasteiger partial charge in [-0.05, 0) is 38.2 Å². The number of aliphatic hydroxyl groups excluding tert-OH is 1. The van der Waals surface area contributed by atoms with E-state index in [9.17, 15) is 19.8 Å². The van der Waals surface area contributed by atoms with Crippen LogP contribution in [-0.4, -0.2) is 71.0 Å². The number of aryl methyl sites for hydroxylation is 1. The third kappa shape index (κ3) is 6.61. The summed E-state index contributed by atoms with van der Waals surface area (Å²) in [5.74, 6) is -1.26. The number of carboxylic acid groups (broad SMARTS) is 2. The van der Waals surface area contributed by atoms with E-state index in [-0.39, 0.29) is 32.0 Å². The molecule has 1 saturated heterocycles. The Morgan fingerprint density at radius 2 is 1.96 bits per heavy atom. The Bertz CT molecular complexity index is 622. The number of aliphatic hydroxyl groups is 1. The number of likely N-dealkylation sites (tertiary alicyclic amines) is 1. The average molecular weight is 395 g/mol. The molecule has 28 heavy (non-hydrogen) atoms. The van der Waals surface area contributed by atoms with E-state index in [1.54, 1.807) is 6.92 Å². The molecule has 0 radical (unpaired) electrons. The molecule has 8 nitrogen and oxygen atoms in total. The van der Waals surface area contributed by atoms with Crippen molar-refractivity contribution >= 4 is 18.3 Å². The lowest BCUT2D eigenvalue weighted by atomic mass is 9.73. The fourth-order valence-corrected chi connectivity index (χ4v) is 3.39. The summed E-state index contributed by atoms with van der Waals surface area (Å²) in [4.78, 5) is 34.1. The smallest absolute Gasteiger partial charge is 0.314 e. The minimum absolute atomic E-state index is 0.0319. The van der Waals surface area contributed by atoms with Crippen molar-refractivity contribution < 1.29 is 34.4 Å². The molecular weight excluding hydrogens is 366 g/mol. The van der Waals surface area contributed by atoms with Crippen LogP contribution in [0, 0.1) is 5.41 Å². The number of aliphatic carboxylic acids is 1. The topological polar surface area (TPSA) is 124 Å². The van der Waals surface area contributed by atoms with Crippen molar-refractivity contribution in [2.24, 2.45) is 5.41 Å². The van der Waals surface area contributed by atoms with Gasteiger partial charge in [0.05, 0.1) is 6.10 Å². The summed E-state index contributed by atoms with van der Waals surface area (Å²) in [5.41, 5.74) is -0.174. The highest BCUT2D eigenvalue weighted by Crippen LogP contribution is 2.36. The van der Waals surface area contributed by atoms with Gasteiger partial charge in [-0.25, -0.2) is 0 Å². The molecule has 3 N–H and O–H groups in total. The average Bonchev–Trinajstić information content (AvgIpc) is 2.69. The maximum absolute atomic E-state index is 12.2. The highest BCUT2D eigenvalue weighted by Gasteiger charge is 2.49. The number of carbonyl (C=O) groups excluding carboxylic acids is 1. The SMILES string of the molecule is CCOCC(=O)N1CC[C@@H](O)[C@](CCCc2ccccc2)(C(=O)O)C1.O=CO. The Morgan fingerprint density at radius 1 is 1.32 bits per heavy atom. The first-order chi connectivity index (χ1) is 13.4. The Balaban J connectivity index is 0.00000122. The second-order valence-corrected chi connectivity index (χ2v) is 6.66. The van der Waals surface area contributed by atoms with Crippen molar-refractivity contribution in [1.29, 1.82) is 0 Å². The van der Waals surface area contributed by atoms with Crippen molar-refractivity contribution in [1.82, 2.24) is 4.90 Å². The molecule has 0 saturated carbocycles. The molecule has 0 spiro atoms. The van der Waals surface area contributed by atoms with Crippen LogP contribution in [0.1, 0.15) is 31.7 Å². The Kier molecular flexibility index (Phi) is 10.2. The second-order valence-electron chi connectivity index (χ2n) is 6.66. The third-order valence-corrected chi connectivity index (χ3v) is 4.92. The number of amides is 1. The molecule has 0 unspecified atom stereocenters. The van der Waals surface area contributed by atoms with E-state index in [2.05, 4.69) is 0 Å². The number of piperidine rings is 1. The van der Waals surface area contributed by atoms with Crippen LogP contribution >= 0.6 is 0 Å². The standard InChI is InChI=1S/C19H27NO5.CH2O2/c1-2-25-13-17(22)20-12-10-16(21)19(14-20,18(23)24)11-6-9-15-7-4-3-5-8-15;2-1-3/h3-5,7-8,16,21H,2,6,9-14H2,1H3,(H,23,24);1H,(H,2,3)/t16-,19-;/m1./s1. The summed E-state index contributed by atoms with van der Waals surface area (Å²) in [6, 6.07) is 9.85. The van der Waals surface area contributed by atoms with E-state index in [0.717, 1.165) is 12.0 Å². The van der Waals surface area contributed by atoms with Crippen molar-refractivity contribution in [3.05, 3.63) is 35.9 Å². The van der Waals surface area contributed by atoms with Gasteiger partial charge < -0.3 is 25.0 Å². The lowest BCUT2D eigenvalue weighted by Crippen LogP contribution is -2.57. The van der Waals surface area contributed by atoms with E-state index in [1.165, 1.54) is 4.90 Å². The molecule has 2 rings (SSSR count). The fourth-order valence-electron chi connectivity index (χ4n) is 3.39. The molecule has 1 aliphatic heterocycles. The summed E-state index contributed by atoms with van der Waals surface area (Å²) in [5, 5.41) is 27.1. The maximum atomic E-state index is 12.2. The van der Waals surface area contributed by atoms with Gasteiger partial charge in [0, 0.05) is 19.7 Å². The van der Waals surface area contributed by atoms with Crippen molar-refractivity contribution in [2.45, 2.75) is 38.7 Å². The molecular formula is C20H29NO7. The molecule has 156 valence electrons. The molecule has 0 aliphatic carbocycles. The van der Waals surface area contributed by atoms with E-state index in [0.29, 0.717) is 26.0 Å². The van der Waals surface area contributed by atoms with Crippen molar-refractivity contribution in [3.8, 4) is 0 Å². The summed E-state index contributed by atoms with van der Waals surface area (Å²) < 4.78 is 5.14. The molecule has 1 fully saturated rings. The number of rotatable bonds is 8. The van der Waals surface area contributed by atoms with Gasteiger partial charge in [-0.2, -0.15) is 0 Å². The number of carbonyl (C=O) groups is 3. The van der Waals surface area contributed by atoms with Crippen LogP contribution in [0.15, 0.2) is 30.3 Å². The maximum Gasteiger partial charge on any atom is 0.314 e. The van der Waals surface area contributed by atoms with Crippen LogP contribution in [0.25, 0.3) is 0 Å². The fraction of sp³-hybridized carbons (Fsp3) is 0.550. The predicted octanol–water partition coefficient (Wildman–Crippen LogP) is 1.41. The van der Waals surface area contributed by atoms with Crippen LogP contribution in [0.5, 0.6) is 0 Å². The number of benzene rings is 1. The van der Waals surface area contributed by atoms with Crippen molar-refractivity contribution in [2.75, 3.05) is 26.3 Å². The zero-order valence-corrected chi connectivity index (χ0v) is 16.1. The summed E-state index contributed by atoms with van der Waals surface area (Å²) in [6.45, 7) is 2.33. The van der Waals surface area contributed by atoms with Crippen LogP contribution in [0.3, 0.4) is 0 Å². The third-order valence-electron chi connectivity index (χ3n) is 4.92. The molecule has 8 heteroatoms. The number of hydrogen-bond acceptors (Lipinski definition) is 5. The summed E-state index contributed by atoms with van der Waals surface area (Å²) in [6.07, 6.45) is 1.04. The molecule has 1 heterocycles. The first-order valence-corrected chi connectivity index (χ1v) is 9.30. The lowest BCUT2D eigenvalue weighted by molar-refractivity contribution is -0.168. The van der Waals surface area contributed by atoms with Gasteiger partial charge in [0.2, 0.25) is 5.91 Å². The van der Waals surface area contributed by atoms with Gasteiger partial charge in [-0.3, -0.25) is 14.4 Å². The van der Waals surface area contributed by atoms with Crippen LogP contribution in [0.2, 0.25) is 0 Å². The van der Waals surface area contributed by atoms with Crippen LogP contribution in [-0.2, 0) is 25.5 Å². The largest absolute Gasteiger partial charge is 0.483 e. The zero-order valence-electron chi connectivity index (χ0n) is 16.1. The van der Waals surface area contributed by atoms with E-state index in [4.69, 9.17) is 14.6 Å². The molecule has 1 amide bonds. The van der Waals surface area contributed by atoms with Gasteiger partial charge in [-0.15, -0.1) is 0 Å². The number of hydrogen-bond donors (Lipinski definition) is 3. The lowest BCUT2D eigenvalue weighted by Gasteiger charge is -2.43. The van der Waals surface area contributed by atoms with Gasteiger partial charge in [-0.1, -0.05) is 30.3 Å². The second kappa shape index (κ2) is 12.1. The number of carboxylic acids is 1. The summed E-state index contributed by atoms with van der Waals surface area (Å²) >= 11 is 0. The number of ether oxygens (including phenoxy) is 1. The molecule has 0 bridgehead atoms. The first-order valence-electron chi connectivity index (χ1n) is 9.30. The Labute approximate surface area is 164 Å². The monoisotopic (exact) mass is 395 g/mol.